The fraction of sp³-hybridized carbons (Fsp3) is 0.412. The average Bonchev–Trinajstić information content (AvgIpc) is 2.55. The number of carbonyl (C=O) groups excluding carboxylic acids is 1. The Morgan fingerprint density at radius 3 is 2.78 bits per heavy atom. The molecular weight excluding hydrogens is 292 g/mol. The summed E-state index contributed by atoms with van der Waals surface area (Å²) in [6, 6.07) is 9.98. The van der Waals surface area contributed by atoms with Crippen molar-refractivity contribution in [1.29, 1.82) is 0 Å². The van der Waals surface area contributed by atoms with Gasteiger partial charge in [-0.2, -0.15) is 0 Å². The van der Waals surface area contributed by atoms with E-state index in [1.54, 1.807) is 0 Å². The van der Waals surface area contributed by atoms with E-state index in [9.17, 15) is 4.79 Å². The maximum atomic E-state index is 12.4. The number of carbonyl (C=O) groups is 1. The lowest BCUT2D eigenvalue weighted by molar-refractivity contribution is -0.899. The van der Waals surface area contributed by atoms with Crippen molar-refractivity contribution in [1.82, 2.24) is 0 Å². The van der Waals surface area contributed by atoms with Gasteiger partial charge in [0, 0.05) is 5.39 Å². The Balaban J connectivity index is 1.81. The Bertz CT molecular complexity index is 696. The molecule has 1 fully saturated rings. The quantitative estimate of drug-likeness (QED) is 0.805. The number of aromatic nitrogens is 1. The molecule has 1 aliphatic rings. The highest BCUT2D eigenvalue weighted by atomic mass is 16.5. The molecule has 6 heteroatoms. The molecule has 0 unspecified atom stereocenters. The van der Waals surface area contributed by atoms with E-state index in [1.807, 2.05) is 49.3 Å². The number of rotatable bonds is 4. The number of anilines is 2. The molecule has 1 aromatic heterocycles. The van der Waals surface area contributed by atoms with Gasteiger partial charge in [0.15, 0.2) is 6.54 Å². The molecule has 1 aromatic carbocycles. The smallest absolute Gasteiger partial charge is 0.279 e. The van der Waals surface area contributed by atoms with Crippen LogP contribution < -0.4 is 20.1 Å². The highest BCUT2D eigenvalue weighted by molar-refractivity contribution is 6.01. The van der Waals surface area contributed by atoms with Crippen molar-refractivity contribution in [2.45, 2.75) is 0 Å². The number of quaternary nitrogens is 1. The number of hydrogen-bond acceptors (Lipinski definition) is 3. The summed E-state index contributed by atoms with van der Waals surface area (Å²) in [6.45, 7) is 3.72. The summed E-state index contributed by atoms with van der Waals surface area (Å²) >= 11 is 0. The van der Waals surface area contributed by atoms with Gasteiger partial charge >= 0.3 is 0 Å². The molecule has 122 valence electrons. The van der Waals surface area contributed by atoms with E-state index in [-0.39, 0.29) is 5.91 Å². The molecule has 0 spiro atoms. The van der Waals surface area contributed by atoms with Crippen molar-refractivity contribution >= 4 is 28.3 Å². The number of nitrogens with one attached hydrogen (secondary N) is 3. The number of pyridine rings is 1. The average molecular weight is 316 g/mol. The number of aromatic amines is 1. The summed E-state index contributed by atoms with van der Waals surface area (Å²) in [5.41, 5.74) is 1.86. The Labute approximate surface area is 136 Å². The van der Waals surface area contributed by atoms with Crippen molar-refractivity contribution in [2.24, 2.45) is 0 Å². The Morgan fingerprint density at radius 2 is 2.04 bits per heavy atom. The van der Waals surface area contributed by atoms with Crippen LogP contribution in [0.2, 0.25) is 0 Å². The van der Waals surface area contributed by atoms with Crippen LogP contribution in [0.15, 0.2) is 30.3 Å². The second-order valence-corrected chi connectivity index (χ2v) is 6.10. The lowest BCUT2D eigenvalue weighted by Gasteiger charge is -2.23. The van der Waals surface area contributed by atoms with Crippen molar-refractivity contribution in [3.05, 3.63) is 30.3 Å². The van der Waals surface area contributed by atoms with Gasteiger partial charge in [-0.15, -0.1) is 0 Å². The molecule has 0 saturated carbocycles. The third-order valence-corrected chi connectivity index (χ3v) is 4.13. The number of H-pyrrole nitrogens is 1. The van der Waals surface area contributed by atoms with Gasteiger partial charge in [-0.25, -0.2) is 4.98 Å². The number of amides is 1. The molecule has 1 amide bonds. The molecule has 23 heavy (non-hydrogen) atoms. The van der Waals surface area contributed by atoms with E-state index in [0.29, 0.717) is 6.54 Å². The van der Waals surface area contributed by atoms with Gasteiger partial charge in [0.05, 0.1) is 39.1 Å². The highest BCUT2D eigenvalue weighted by Gasteiger charge is 2.19. The van der Waals surface area contributed by atoms with E-state index < -0.39 is 0 Å². The summed E-state index contributed by atoms with van der Waals surface area (Å²) in [6.07, 6.45) is 0. The zero-order valence-corrected chi connectivity index (χ0v) is 13.7. The summed E-state index contributed by atoms with van der Waals surface area (Å²) in [5.74, 6) is 1.00. The van der Waals surface area contributed by atoms with E-state index in [1.165, 1.54) is 4.90 Å². The molecule has 2 aromatic rings. The Hall–Kier alpha value is -2.18. The standard InChI is InChI=1S/C17H22N4O2/c1-20(2)16-11-15(13-5-3-4-6-14(13)18-16)19-17(22)12-21-7-9-23-10-8-21/h3-6,11H,7-10,12H2,1-2H3,(H,18,19,22)/p+2. The molecule has 3 N–H and O–H groups in total. The van der Waals surface area contributed by atoms with E-state index in [2.05, 4.69) is 10.3 Å². The van der Waals surface area contributed by atoms with E-state index >= 15 is 0 Å². The molecule has 0 aliphatic carbocycles. The molecule has 2 heterocycles. The highest BCUT2D eigenvalue weighted by Crippen LogP contribution is 2.23. The van der Waals surface area contributed by atoms with Gasteiger partial charge in [0.2, 0.25) is 0 Å². The van der Waals surface area contributed by atoms with Gasteiger partial charge in [0.1, 0.15) is 18.6 Å². The molecule has 0 atom stereocenters. The van der Waals surface area contributed by atoms with Crippen molar-refractivity contribution in [3.8, 4) is 0 Å². The van der Waals surface area contributed by atoms with Crippen LogP contribution in [0, 0.1) is 0 Å². The first-order valence-electron chi connectivity index (χ1n) is 7.97. The second kappa shape index (κ2) is 6.93. The van der Waals surface area contributed by atoms with Crippen molar-refractivity contribution in [3.63, 3.8) is 0 Å². The largest absolute Gasteiger partial charge is 0.370 e. The van der Waals surface area contributed by atoms with Crippen LogP contribution in [-0.2, 0) is 9.53 Å². The predicted molar refractivity (Wildman–Crippen MR) is 89.8 cm³/mol. The zero-order chi connectivity index (χ0) is 16.2. The monoisotopic (exact) mass is 316 g/mol. The van der Waals surface area contributed by atoms with Crippen LogP contribution in [0.25, 0.3) is 10.9 Å². The van der Waals surface area contributed by atoms with Crippen LogP contribution in [-0.4, -0.2) is 52.9 Å². The summed E-state index contributed by atoms with van der Waals surface area (Å²) in [7, 11) is 3.95. The van der Waals surface area contributed by atoms with Crippen molar-refractivity contribution in [2.75, 3.05) is 57.2 Å². The van der Waals surface area contributed by atoms with Crippen LogP contribution in [0.5, 0.6) is 0 Å². The fourth-order valence-corrected chi connectivity index (χ4v) is 2.82. The first-order chi connectivity index (χ1) is 11.1. The Morgan fingerprint density at radius 1 is 1.30 bits per heavy atom. The minimum Gasteiger partial charge on any atom is -0.370 e. The number of nitrogens with zero attached hydrogens (tertiary/aromatic N) is 1. The van der Waals surface area contributed by atoms with E-state index in [4.69, 9.17) is 4.74 Å². The predicted octanol–water partition coefficient (Wildman–Crippen LogP) is -0.426. The first kappa shape index (κ1) is 15.7. The maximum Gasteiger partial charge on any atom is 0.279 e. The van der Waals surface area contributed by atoms with E-state index in [0.717, 1.165) is 48.7 Å². The maximum absolute atomic E-state index is 12.4. The summed E-state index contributed by atoms with van der Waals surface area (Å²) < 4.78 is 5.34. The minimum atomic E-state index is 0.0444. The molecular formula is C17H24N4O2+2. The number of morpholine rings is 1. The van der Waals surface area contributed by atoms with Gasteiger partial charge in [0.25, 0.3) is 11.7 Å². The number of hydrogen-bond donors (Lipinski definition) is 2. The first-order valence-corrected chi connectivity index (χ1v) is 7.97. The third kappa shape index (κ3) is 3.78. The van der Waals surface area contributed by atoms with Gasteiger partial charge in [-0.05, 0) is 12.1 Å². The van der Waals surface area contributed by atoms with Crippen LogP contribution >= 0.6 is 0 Å². The third-order valence-electron chi connectivity index (χ3n) is 4.13. The second-order valence-electron chi connectivity index (χ2n) is 6.10. The lowest BCUT2D eigenvalue weighted by Crippen LogP contribution is -3.15. The Kier molecular flexibility index (Phi) is 4.73. The minimum absolute atomic E-state index is 0.0444. The van der Waals surface area contributed by atoms with Gasteiger partial charge < -0.3 is 15.0 Å². The van der Waals surface area contributed by atoms with Gasteiger partial charge in [-0.3, -0.25) is 9.69 Å². The van der Waals surface area contributed by atoms with Crippen LogP contribution in [0.4, 0.5) is 11.5 Å². The summed E-state index contributed by atoms with van der Waals surface area (Å²) in [5, 5.41) is 4.10. The lowest BCUT2D eigenvalue weighted by atomic mass is 10.1. The molecule has 1 saturated heterocycles. The summed E-state index contributed by atoms with van der Waals surface area (Å²) in [4.78, 5) is 19.1. The molecule has 1 aliphatic heterocycles. The van der Waals surface area contributed by atoms with Crippen LogP contribution in [0.1, 0.15) is 0 Å². The fourth-order valence-electron chi connectivity index (χ4n) is 2.82. The normalized spacial score (nSPS) is 15.6. The number of ether oxygens (including phenoxy) is 1. The molecule has 6 nitrogen and oxygen atoms in total. The van der Waals surface area contributed by atoms with Gasteiger partial charge in [-0.1, -0.05) is 12.1 Å². The molecule has 0 radical (unpaired) electrons. The zero-order valence-electron chi connectivity index (χ0n) is 13.7. The number of benzene rings is 1. The van der Waals surface area contributed by atoms with Crippen LogP contribution in [0.3, 0.4) is 0 Å². The topological polar surface area (TPSA) is 60.2 Å². The molecule has 3 rings (SSSR count). The molecule has 0 bridgehead atoms. The SMILES string of the molecule is CN(C)c1cc(NC(=O)C[NH+]2CCOCC2)c2ccccc2[nH+]1. The number of para-hydroxylation sites is 1. The number of fused-ring (bicyclic) bond motifs is 1. The van der Waals surface area contributed by atoms with Crippen molar-refractivity contribution < 1.29 is 19.4 Å².